The van der Waals surface area contributed by atoms with E-state index in [0.717, 1.165) is 12.8 Å². The molecule has 3 heteroatoms. The quantitative estimate of drug-likeness (QED) is 0.536. The zero-order valence-corrected chi connectivity index (χ0v) is 7.37. The van der Waals surface area contributed by atoms with Gasteiger partial charge in [-0.1, -0.05) is 13.8 Å². The fraction of sp³-hybridized carbons (Fsp3) is 1.00. The third kappa shape index (κ3) is 1.97. The van der Waals surface area contributed by atoms with Gasteiger partial charge in [-0.05, 0) is 18.3 Å². The van der Waals surface area contributed by atoms with Gasteiger partial charge in [-0.2, -0.15) is 0 Å². The fourth-order valence-electron chi connectivity index (χ4n) is 1.51. The van der Waals surface area contributed by atoms with Crippen molar-refractivity contribution in [3.05, 3.63) is 0 Å². The second-order valence-electron chi connectivity index (χ2n) is 3.86. The van der Waals surface area contributed by atoms with E-state index < -0.39 is 9.84 Å². The van der Waals surface area contributed by atoms with E-state index in [-0.39, 0.29) is 5.41 Å². The summed E-state index contributed by atoms with van der Waals surface area (Å²) in [6.45, 7) is 4.04. The van der Waals surface area contributed by atoms with Crippen LogP contribution in [0.4, 0.5) is 0 Å². The van der Waals surface area contributed by atoms with Crippen LogP contribution in [0.2, 0.25) is 0 Å². The van der Waals surface area contributed by atoms with E-state index in [1.165, 1.54) is 0 Å². The average Bonchev–Trinajstić information content (AvgIpc) is 1.56. The molecule has 0 aromatic rings. The number of rotatable bonds is 0. The van der Waals surface area contributed by atoms with Crippen LogP contribution in [0.3, 0.4) is 0 Å². The van der Waals surface area contributed by atoms with Crippen LogP contribution in [0.1, 0.15) is 26.7 Å². The molecule has 10 heavy (non-hydrogen) atoms. The zero-order chi connectivity index (χ0) is 7.83. The Morgan fingerprint density at radius 2 is 1.90 bits per heavy atom. The van der Waals surface area contributed by atoms with Crippen LogP contribution in [0, 0.1) is 5.41 Å². The average molecular weight is 162 g/mol. The van der Waals surface area contributed by atoms with Gasteiger partial charge >= 0.3 is 0 Å². The molecule has 2 nitrogen and oxygen atoms in total. The van der Waals surface area contributed by atoms with Gasteiger partial charge in [-0.15, -0.1) is 0 Å². The van der Waals surface area contributed by atoms with Gasteiger partial charge in [0.1, 0.15) is 0 Å². The highest BCUT2D eigenvalue weighted by atomic mass is 32.2. The molecular weight excluding hydrogens is 148 g/mol. The van der Waals surface area contributed by atoms with Crippen LogP contribution in [-0.2, 0) is 9.84 Å². The SMILES string of the molecule is CC1(C)CCCS(=O)(=O)C1. The highest BCUT2D eigenvalue weighted by Gasteiger charge is 2.30. The molecule has 0 atom stereocenters. The minimum Gasteiger partial charge on any atom is -0.229 e. The van der Waals surface area contributed by atoms with E-state index in [0.29, 0.717) is 11.5 Å². The number of sulfone groups is 1. The second kappa shape index (κ2) is 2.22. The third-order valence-corrected chi connectivity index (χ3v) is 4.05. The minimum absolute atomic E-state index is 0.0249. The molecule has 1 aliphatic rings. The van der Waals surface area contributed by atoms with Gasteiger partial charge in [0.15, 0.2) is 9.84 Å². The molecule has 1 fully saturated rings. The van der Waals surface area contributed by atoms with Crippen LogP contribution < -0.4 is 0 Å². The summed E-state index contributed by atoms with van der Waals surface area (Å²) in [6.07, 6.45) is 1.89. The van der Waals surface area contributed by atoms with Gasteiger partial charge in [0.2, 0.25) is 0 Å². The molecule has 1 saturated heterocycles. The lowest BCUT2D eigenvalue weighted by Crippen LogP contribution is -2.31. The maximum absolute atomic E-state index is 11.1. The zero-order valence-electron chi connectivity index (χ0n) is 6.55. The van der Waals surface area contributed by atoms with Crippen molar-refractivity contribution >= 4 is 9.84 Å². The maximum Gasteiger partial charge on any atom is 0.150 e. The van der Waals surface area contributed by atoms with Crippen molar-refractivity contribution in [1.82, 2.24) is 0 Å². The van der Waals surface area contributed by atoms with Crippen LogP contribution in [0.25, 0.3) is 0 Å². The Morgan fingerprint density at radius 1 is 1.30 bits per heavy atom. The van der Waals surface area contributed by atoms with Crippen molar-refractivity contribution in [2.75, 3.05) is 11.5 Å². The highest BCUT2D eigenvalue weighted by Crippen LogP contribution is 2.29. The fourth-order valence-corrected chi connectivity index (χ4v) is 3.57. The van der Waals surface area contributed by atoms with E-state index in [2.05, 4.69) is 0 Å². The van der Waals surface area contributed by atoms with Gasteiger partial charge < -0.3 is 0 Å². The molecule has 0 aromatic carbocycles. The van der Waals surface area contributed by atoms with E-state index in [4.69, 9.17) is 0 Å². The largest absolute Gasteiger partial charge is 0.229 e. The van der Waals surface area contributed by atoms with E-state index in [1.54, 1.807) is 0 Å². The molecule has 0 unspecified atom stereocenters. The second-order valence-corrected chi connectivity index (χ2v) is 6.04. The topological polar surface area (TPSA) is 34.1 Å². The third-order valence-electron chi connectivity index (χ3n) is 1.92. The monoisotopic (exact) mass is 162 g/mol. The molecular formula is C7H14O2S. The van der Waals surface area contributed by atoms with Gasteiger partial charge in [0.25, 0.3) is 0 Å². The van der Waals surface area contributed by atoms with Crippen LogP contribution in [0.5, 0.6) is 0 Å². The molecule has 0 bridgehead atoms. The molecule has 1 heterocycles. The Hall–Kier alpha value is -0.0500. The Kier molecular flexibility index (Phi) is 1.79. The maximum atomic E-state index is 11.1. The standard InChI is InChI=1S/C7H14O2S/c1-7(2)4-3-5-10(8,9)6-7/h3-6H2,1-2H3. The van der Waals surface area contributed by atoms with Gasteiger partial charge in [-0.3, -0.25) is 0 Å². The molecule has 0 spiro atoms. The summed E-state index contributed by atoms with van der Waals surface area (Å²) in [6, 6.07) is 0. The smallest absolute Gasteiger partial charge is 0.150 e. The Morgan fingerprint density at radius 3 is 2.20 bits per heavy atom. The first-order chi connectivity index (χ1) is 4.41. The Bertz CT molecular complexity index is 214. The summed E-state index contributed by atoms with van der Waals surface area (Å²) < 4.78 is 22.1. The minimum atomic E-state index is -2.69. The molecule has 0 saturated carbocycles. The highest BCUT2D eigenvalue weighted by molar-refractivity contribution is 7.91. The Labute approximate surface area is 62.5 Å². The molecule has 0 N–H and O–H groups in total. The van der Waals surface area contributed by atoms with Gasteiger partial charge in [0.05, 0.1) is 11.5 Å². The molecule has 0 radical (unpaired) electrons. The molecule has 0 aromatic heterocycles. The summed E-state index contributed by atoms with van der Waals surface area (Å²) in [4.78, 5) is 0. The summed E-state index contributed by atoms with van der Waals surface area (Å²) in [7, 11) is -2.69. The number of hydrogen-bond acceptors (Lipinski definition) is 2. The number of hydrogen-bond donors (Lipinski definition) is 0. The van der Waals surface area contributed by atoms with E-state index in [9.17, 15) is 8.42 Å². The normalized spacial score (nSPS) is 29.8. The predicted octanol–water partition coefficient (Wildman–Crippen LogP) is 1.22. The lowest BCUT2D eigenvalue weighted by atomic mass is 9.90. The lowest BCUT2D eigenvalue weighted by molar-refractivity contribution is 0.359. The van der Waals surface area contributed by atoms with Crippen LogP contribution >= 0.6 is 0 Å². The van der Waals surface area contributed by atoms with Crippen molar-refractivity contribution in [2.24, 2.45) is 5.41 Å². The van der Waals surface area contributed by atoms with E-state index in [1.807, 2.05) is 13.8 Å². The predicted molar refractivity (Wildman–Crippen MR) is 41.7 cm³/mol. The van der Waals surface area contributed by atoms with Crippen molar-refractivity contribution in [2.45, 2.75) is 26.7 Å². The van der Waals surface area contributed by atoms with Crippen molar-refractivity contribution in [3.63, 3.8) is 0 Å². The summed E-state index contributed by atoms with van der Waals surface area (Å²) >= 11 is 0. The first-order valence-electron chi connectivity index (χ1n) is 3.62. The van der Waals surface area contributed by atoms with Gasteiger partial charge in [-0.25, -0.2) is 8.42 Å². The van der Waals surface area contributed by atoms with E-state index >= 15 is 0 Å². The molecule has 1 rings (SSSR count). The van der Waals surface area contributed by atoms with Crippen LogP contribution in [0.15, 0.2) is 0 Å². The lowest BCUT2D eigenvalue weighted by Gasteiger charge is -2.28. The first-order valence-corrected chi connectivity index (χ1v) is 5.44. The van der Waals surface area contributed by atoms with Crippen molar-refractivity contribution in [3.8, 4) is 0 Å². The van der Waals surface area contributed by atoms with Gasteiger partial charge in [0, 0.05) is 0 Å². The summed E-state index contributed by atoms with van der Waals surface area (Å²) in [5.74, 6) is 0.774. The summed E-state index contributed by atoms with van der Waals surface area (Å²) in [5.41, 5.74) is 0.0249. The molecule has 60 valence electrons. The first kappa shape index (κ1) is 8.05. The molecule has 1 aliphatic heterocycles. The Balaban J connectivity index is 2.75. The summed E-state index contributed by atoms with van der Waals surface area (Å²) in [5, 5.41) is 0. The molecule has 0 amide bonds. The van der Waals surface area contributed by atoms with Crippen molar-refractivity contribution < 1.29 is 8.42 Å². The molecule has 0 aliphatic carbocycles. The van der Waals surface area contributed by atoms with Crippen LogP contribution in [-0.4, -0.2) is 19.9 Å². The van der Waals surface area contributed by atoms with Crippen molar-refractivity contribution in [1.29, 1.82) is 0 Å².